The smallest absolute Gasteiger partial charge is 0.187 e. The van der Waals surface area contributed by atoms with Gasteiger partial charge in [0.25, 0.3) is 0 Å². The van der Waals surface area contributed by atoms with Crippen LogP contribution in [0.5, 0.6) is 11.5 Å². The van der Waals surface area contributed by atoms with Crippen LogP contribution < -0.4 is 9.47 Å². The van der Waals surface area contributed by atoms with Crippen LogP contribution in [0.2, 0.25) is 0 Å². The van der Waals surface area contributed by atoms with Crippen molar-refractivity contribution in [2.75, 3.05) is 27.4 Å². The van der Waals surface area contributed by atoms with Crippen molar-refractivity contribution in [3.05, 3.63) is 215 Å². The summed E-state index contributed by atoms with van der Waals surface area (Å²) in [5, 5.41) is 10.1. The number of rotatable bonds is 63. The van der Waals surface area contributed by atoms with Crippen LogP contribution in [0, 0.1) is 0 Å². The van der Waals surface area contributed by atoms with Crippen LogP contribution >= 0.6 is 0 Å². The molecule has 0 aliphatic carbocycles. The van der Waals surface area contributed by atoms with Gasteiger partial charge in [0.2, 0.25) is 0 Å². The van der Waals surface area contributed by atoms with E-state index in [4.69, 9.17) is 57.7 Å². The molecule has 7 aromatic rings. The third kappa shape index (κ3) is 35.1. The summed E-state index contributed by atoms with van der Waals surface area (Å²) >= 11 is 0. The van der Waals surface area contributed by atoms with E-state index >= 15 is 0 Å². The highest BCUT2D eigenvalue weighted by molar-refractivity contribution is 5.28. The molecule has 1 aromatic heterocycles. The van der Waals surface area contributed by atoms with Gasteiger partial charge in [-0.1, -0.05) is 377 Å². The van der Waals surface area contributed by atoms with Gasteiger partial charge in [0, 0.05) is 6.20 Å². The molecule has 0 radical (unpaired) electrons. The fourth-order valence-corrected chi connectivity index (χ4v) is 14.7. The average molecular weight is 1470 g/mol. The van der Waals surface area contributed by atoms with Crippen LogP contribution in [0.4, 0.5) is 0 Å². The minimum absolute atomic E-state index is 0.0880. The highest BCUT2D eigenvalue weighted by Crippen LogP contribution is 2.35. The fraction of sp³-hybridized carbons (Fsp3) is 0.596. The topological polar surface area (TPSA) is 123 Å². The summed E-state index contributed by atoms with van der Waals surface area (Å²) in [5.41, 5.74) is 7.08. The molecule has 0 saturated carbocycles. The molecular weight excluding hydrogens is 1330 g/mol. The highest BCUT2D eigenvalue weighted by Gasteiger charge is 2.50. The largest absolute Gasteiger partial charge is 0.497 e. The SMILES string of the molecule is CCCCCCCCCCCCCCCCCCCCCCCCc1cn([C@@H](CO[C@H]2OC(COCc3ccccc3)[C@H](OCc3ccccc3)[C@@H](OCc3ccccc3)[C@@H]2OCc2ccccc2)[C@H](OCc2ccc(OC)cc2)[C@@H](CCCCCCCCCCCCCC)OCc2ccc(OC)cc2)nn1. The van der Waals surface area contributed by atoms with Gasteiger partial charge in [0.15, 0.2) is 6.29 Å². The maximum absolute atomic E-state index is 7.53. The maximum atomic E-state index is 7.53. The Balaban J connectivity index is 1.04. The molecule has 8 atom stereocenters. The van der Waals surface area contributed by atoms with Gasteiger partial charge >= 0.3 is 0 Å². The van der Waals surface area contributed by atoms with Crippen molar-refractivity contribution in [2.45, 2.75) is 334 Å². The lowest BCUT2D eigenvalue weighted by Crippen LogP contribution is -2.62. The van der Waals surface area contributed by atoms with Crippen molar-refractivity contribution in [3.8, 4) is 11.5 Å². The van der Waals surface area contributed by atoms with Crippen LogP contribution in [0.25, 0.3) is 0 Å². The second kappa shape index (κ2) is 55.2. The number of hydrogen-bond donors (Lipinski definition) is 0. The van der Waals surface area contributed by atoms with Crippen molar-refractivity contribution >= 4 is 0 Å². The maximum Gasteiger partial charge on any atom is 0.187 e. The number of nitrogens with zero attached hydrogens (tertiary/aromatic N) is 3. The first-order chi connectivity index (χ1) is 53.0. The van der Waals surface area contributed by atoms with Gasteiger partial charge in [-0.25, -0.2) is 4.68 Å². The second-order valence-electron chi connectivity index (χ2n) is 30.1. The minimum atomic E-state index is -0.992. The number of aromatic nitrogens is 3. The highest BCUT2D eigenvalue weighted by atomic mass is 16.7. The second-order valence-corrected chi connectivity index (χ2v) is 30.1. The summed E-state index contributed by atoms with van der Waals surface area (Å²) in [5.74, 6) is 1.58. The molecule has 588 valence electrons. The van der Waals surface area contributed by atoms with E-state index in [0.717, 1.165) is 89.1 Å². The minimum Gasteiger partial charge on any atom is -0.497 e. The van der Waals surface area contributed by atoms with E-state index in [1.54, 1.807) is 14.2 Å². The van der Waals surface area contributed by atoms with Crippen LogP contribution in [0.3, 0.4) is 0 Å². The number of benzene rings is 6. The lowest BCUT2D eigenvalue weighted by molar-refractivity contribution is -0.331. The Hall–Kier alpha value is -6.26. The summed E-state index contributed by atoms with van der Waals surface area (Å²) in [6, 6.07) is 56.8. The van der Waals surface area contributed by atoms with Crippen molar-refractivity contribution in [1.29, 1.82) is 0 Å². The van der Waals surface area contributed by atoms with E-state index in [9.17, 15) is 0 Å². The van der Waals surface area contributed by atoms with Crippen molar-refractivity contribution in [1.82, 2.24) is 15.0 Å². The summed E-state index contributed by atoms with van der Waals surface area (Å²) in [4.78, 5) is 0. The van der Waals surface area contributed by atoms with E-state index < -0.39 is 49.0 Å². The van der Waals surface area contributed by atoms with Crippen molar-refractivity contribution < 1.29 is 47.4 Å². The Labute approximate surface area is 646 Å². The molecule has 0 N–H and O–H groups in total. The quantitative estimate of drug-likeness (QED) is 0.0337. The molecule has 13 nitrogen and oxygen atoms in total. The summed E-state index contributed by atoms with van der Waals surface area (Å²) in [6.07, 6.45) is 43.7. The summed E-state index contributed by atoms with van der Waals surface area (Å²) in [7, 11) is 3.40. The van der Waals surface area contributed by atoms with Crippen LogP contribution in [0.15, 0.2) is 176 Å². The van der Waals surface area contributed by atoms with Crippen LogP contribution in [0.1, 0.15) is 284 Å². The van der Waals surface area contributed by atoms with Gasteiger partial charge in [-0.15, -0.1) is 5.10 Å². The Bertz CT molecular complexity index is 3220. The molecule has 2 heterocycles. The molecule has 1 aliphatic rings. The van der Waals surface area contributed by atoms with Crippen LogP contribution in [-0.2, 0) is 84.0 Å². The molecule has 1 saturated heterocycles. The Kier molecular flexibility index (Phi) is 44.5. The lowest BCUT2D eigenvalue weighted by Gasteiger charge is -2.46. The molecule has 6 aromatic carbocycles. The van der Waals surface area contributed by atoms with Gasteiger partial charge in [0.05, 0.1) is 78.9 Å². The van der Waals surface area contributed by atoms with E-state index in [1.165, 1.54) is 193 Å². The number of aryl methyl sites for hydroxylation is 1. The third-order valence-electron chi connectivity index (χ3n) is 21.3. The van der Waals surface area contributed by atoms with Crippen LogP contribution in [-0.4, -0.2) is 85.3 Å². The predicted octanol–water partition coefficient (Wildman–Crippen LogP) is 24.0. The molecule has 0 bridgehead atoms. The van der Waals surface area contributed by atoms with Gasteiger partial charge < -0.3 is 47.4 Å². The predicted molar refractivity (Wildman–Crippen MR) is 435 cm³/mol. The van der Waals surface area contributed by atoms with E-state index in [-0.39, 0.29) is 19.8 Å². The normalized spacial score (nSPS) is 16.8. The molecule has 0 spiro atoms. The third-order valence-corrected chi connectivity index (χ3v) is 21.3. The molecule has 13 heteroatoms. The zero-order valence-corrected chi connectivity index (χ0v) is 66.4. The number of hydrogen-bond acceptors (Lipinski definition) is 12. The molecule has 1 fully saturated rings. The van der Waals surface area contributed by atoms with Gasteiger partial charge in [-0.05, 0) is 76.9 Å². The van der Waals surface area contributed by atoms with E-state index in [1.807, 2.05) is 102 Å². The van der Waals surface area contributed by atoms with E-state index in [0.29, 0.717) is 33.0 Å². The number of methoxy groups -OCH3 is 2. The molecular formula is C94H137N3O10. The van der Waals surface area contributed by atoms with Crippen molar-refractivity contribution in [2.24, 2.45) is 0 Å². The Morgan fingerprint density at radius 2 is 0.729 bits per heavy atom. The van der Waals surface area contributed by atoms with Crippen molar-refractivity contribution in [3.63, 3.8) is 0 Å². The molecule has 0 amide bonds. The first kappa shape index (κ1) is 86.3. The zero-order chi connectivity index (χ0) is 74.5. The van der Waals surface area contributed by atoms with Gasteiger partial charge in [-0.3, -0.25) is 0 Å². The lowest BCUT2D eigenvalue weighted by atomic mass is 9.97. The molecule has 1 aliphatic heterocycles. The molecule has 1 unspecified atom stereocenters. The number of ether oxygens (including phenoxy) is 10. The standard InChI is InChI=1S/C94H137N3O10/c1-5-7-9-11-13-15-17-19-20-21-22-23-24-25-26-27-28-29-31-33-35-49-59-84-69-97(96-95-84)87(90(102-75-83-63-67-86(99-4)68-64-83)88(101-71-82-61-65-85(98-3)66-62-82)60-50-36-34-32-30-18-16-14-12-10-8-6-2)76-106-94-93(105-74-81-57-47-40-48-58-81)92(104-73-80-55-45-39-46-56-80)91(103-72-79-53-43-38-44-54-79)89(107-94)77-100-70-78-51-41-37-42-52-78/h37-48,51-58,61-69,87-94H,5-36,49-50,59-60,70-77H2,1-4H3/t87-,88+,89?,90-,91-,92+,93-,94-/m0/s1. The average Bonchev–Trinajstić information content (AvgIpc) is 0.971. The van der Waals surface area contributed by atoms with E-state index in [2.05, 4.69) is 92.8 Å². The van der Waals surface area contributed by atoms with Gasteiger partial charge in [-0.2, -0.15) is 0 Å². The Morgan fingerprint density at radius 1 is 0.364 bits per heavy atom. The monoisotopic (exact) mass is 1470 g/mol. The summed E-state index contributed by atoms with van der Waals surface area (Å²) < 4.78 is 71.3. The Morgan fingerprint density at radius 3 is 1.15 bits per heavy atom. The zero-order valence-electron chi connectivity index (χ0n) is 66.4. The molecule has 107 heavy (non-hydrogen) atoms. The first-order valence-corrected chi connectivity index (χ1v) is 42.2. The molecule has 8 rings (SSSR count). The number of unbranched alkanes of at least 4 members (excludes halogenated alkanes) is 32. The summed E-state index contributed by atoms with van der Waals surface area (Å²) in [6.45, 7) is 6.78. The van der Waals surface area contributed by atoms with Gasteiger partial charge in [0.1, 0.15) is 48.1 Å². The fourth-order valence-electron chi connectivity index (χ4n) is 14.7. The first-order valence-electron chi connectivity index (χ1n) is 42.2.